The summed E-state index contributed by atoms with van der Waals surface area (Å²) in [6.45, 7) is 0. The molecule has 0 aliphatic carbocycles. The highest BCUT2D eigenvalue weighted by atomic mass is 79.9. The third-order valence-electron chi connectivity index (χ3n) is 1.56. The maximum Gasteiger partial charge on any atom is 0.159 e. The van der Waals surface area contributed by atoms with Gasteiger partial charge in [0.05, 0.1) is 4.60 Å². The first-order valence-corrected chi connectivity index (χ1v) is 4.14. The van der Waals surface area contributed by atoms with Crippen LogP contribution in [0.2, 0.25) is 0 Å². The molecule has 0 atom stereocenters. The maximum atomic E-state index is 8.59. The van der Waals surface area contributed by atoms with Gasteiger partial charge in [0.15, 0.2) is 5.69 Å². The van der Waals surface area contributed by atoms with Crippen LogP contribution in [-0.2, 0) is 0 Å². The Balaban J connectivity index is 2.85. The molecule has 2 aromatic rings. The van der Waals surface area contributed by atoms with Crippen LogP contribution in [0.15, 0.2) is 29.0 Å². The third kappa shape index (κ3) is 0.990. The van der Waals surface area contributed by atoms with Gasteiger partial charge in [-0.2, -0.15) is 5.26 Å². The summed E-state index contributed by atoms with van der Waals surface area (Å²) in [4.78, 5) is 4.06. The van der Waals surface area contributed by atoms with E-state index in [0.29, 0.717) is 5.69 Å². The van der Waals surface area contributed by atoms with Gasteiger partial charge in [-0.1, -0.05) is 6.07 Å². The highest BCUT2D eigenvalue weighted by molar-refractivity contribution is 9.10. The van der Waals surface area contributed by atoms with E-state index in [1.165, 1.54) is 0 Å². The number of hydrogen-bond acceptors (Lipinski definition) is 2. The second-order valence-corrected chi connectivity index (χ2v) is 3.13. The average molecular weight is 222 g/mol. The summed E-state index contributed by atoms with van der Waals surface area (Å²) < 4.78 is 2.72. The van der Waals surface area contributed by atoms with Gasteiger partial charge < -0.3 is 0 Å². The van der Waals surface area contributed by atoms with E-state index in [2.05, 4.69) is 20.9 Å². The van der Waals surface area contributed by atoms with Gasteiger partial charge in [-0.3, -0.25) is 4.40 Å². The number of fused-ring (bicyclic) bond motifs is 1. The van der Waals surface area contributed by atoms with Gasteiger partial charge in [0.2, 0.25) is 0 Å². The maximum absolute atomic E-state index is 8.59. The molecule has 0 radical (unpaired) electrons. The van der Waals surface area contributed by atoms with Gasteiger partial charge in [-0.05, 0) is 28.1 Å². The van der Waals surface area contributed by atoms with Crippen LogP contribution in [-0.4, -0.2) is 9.38 Å². The molecule has 0 spiro atoms. The monoisotopic (exact) mass is 221 g/mol. The minimum Gasteiger partial charge on any atom is -0.293 e. The lowest BCUT2D eigenvalue weighted by Crippen LogP contribution is -1.82. The summed E-state index contributed by atoms with van der Waals surface area (Å²) in [6, 6.07) is 7.62. The summed E-state index contributed by atoms with van der Waals surface area (Å²) in [5.41, 5.74) is 1.21. The van der Waals surface area contributed by atoms with E-state index in [1.807, 2.05) is 28.7 Å². The van der Waals surface area contributed by atoms with E-state index in [1.54, 1.807) is 6.20 Å². The Morgan fingerprint density at radius 3 is 3.00 bits per heavy atom. The topological polar surface area (TPSA) is 41.1 Å². The predicted molar refractivity (Wildman–Crippen MR) is 47.6 cm³/mol. The number of nitrogens with zero attached hydrogens (tertiary/aromatic N) is 3. The van der Waals surface area contributed by atoms with Crippen molar-refractivity contribution < 1.29 is 0 Å². The molecule has 2 heterocycles. The van der Waals surface area contributed by atoms with E-state index in [-0.39, 0.29) is 0 Å². The Bertz CT molecular complexity index is 467. The lowest BCUT2D eigenvalue weighted by molar-refractivity contribution is 1.14. The lowest BCUT2D eigenvalue weighted by atomic mass is 10.5. The van der Waals surface area contributed by atoms with Gasteiger partial charge in [-0.15, -0.1) is 0 Å². The van der Waals surface area contributed by atoms with E-state index >= 15 is 0 Å². The van der Waals surface area contributed by atoms with Crippen LogP contribution in [0.5, 0.6) is 0 Å². The molecule has 0 fully saturated rings. The number of pyridine rings is 1. The van der Waals surface area contributed by atoms with Crippen molar-refractivity contribution in [3.05, 3.63) is 34.7 Å². The van der Waals surface area contributed by atoms with Gasteiger partial charge in [0.1, 0.15) is 11.7 Å². The first-order valence-electron chi connectivity index (χ1n) is 3.35. The normalized spacial score (nSPS) is 10.0. The molecular formula is C8H4BrN3. The van der Waals surface area contributed by atoms with Crippen LogP contribution >= 0.6 is 15.9 Å². The Hall–Kier alpha value is -1.34. The minimum absolute atomic E-state index is 0.432. The van der Waals surface area contributed by atoms with Gasteiger partial charge in [0, 0.05) is 6.20 Å². The van der Waals surface area contributed by atoms with Crippen molar-refractivity contribution in [3.8, 4) is 6.07 Å². The Morgan fingerprint density at radius 2 is 2.33 bits per heavy atom. The molecule has 3 nitrogen and oxygen atoms in total. The summed E-state index contributed by atoms with van der Waals surface area (Å²) in [5, 5.41) is 8.59. The van der Waals surface area contributed by atoms with Crippen molar-refractivity contribution in [1.29, 1.82) is 5.26 Å². The van der Waals surface area contributed by atoms with Crippen molar-refractivity contribution >= 4 is 21.6 Å². The number of halogens is 1. The number of hydrogen-bond donors (Lipinski definition) is 0. The predicted octanol–water partition coefficient (Wildman–Crippen LogP) is 1.97. The van der Waals surface area contributed by atoms with Gasteiger partial charge in [-0.25, -0.2) is 4.98 Å². The van der Waals surface area contributed by atoms with Crippen molar-refractivity contribution in [2.45, 2.75) is 0 Å². The third-order valence-corrected chi connectivity index (χ3v) is 2.20. The minimum atomic E-state index is 0.432. The fourth-order valence-corrected chi connectivity index (χ4v) is 1.47. The molecule has 0 bridgehead atoms. The molecule has 58 valence electrons. The van der Waals surface area contributed by atoms with E-state index in [4.69, 9.17) is 5.26 Å². The summed E-state index contributed by atoms with van der Waals surface area (Å²) >= 11 is 3.35. The first-order chi connectivity index (χ1) is 5.81. The molecule has 12 heavy (non-hydrogen) atoms. The lowest BCUT2D eigenvalue weighted by Gasteiger charge is -1.93. The molecule has 2 rings (SSSR count). The molecule has 0 unspecified atom stereocenters. The Labute approximate surface area is 77.4 Å². The van der Waals surface area contributed by atoms with E-state index < -0.39 is 0 Å². The molecular weight excluding hydrogens is 218 g/mol. The van der Waals surface area contributed by atoms with Gasteiger partial charge in [0.25, 0.3) is 0 Å². The zero-order chi connectivity index (χ0) is 8.55. The fraction of sp³-hybridized carbons (Fsp3) is 0. The van der Waals surface area contributed by atoms with Gasteiger partial charge >= 0.3 is 0 Å². The van der Waals surface area contributed by atoms with Crippen LogP contribution in [0.4, 0.5) is 0 Å². The van der Waals surface area contributed by atoms with Crippen LogP contribution in [0, 0.1) is 11.3 Å². The standard InChI is InChI=1S/C8H4BrN3/c9-7-2-1-3-8-11-6(4-10)5-12(7)8/h1-3,5H. The number of imidazole rings is 1. The molecule has 2 aromatic heterocycles. The summed E-state index contributed by atoms with van der Waals surface area (Å²) in [6.07, 6.45) is 1.69. The molecule has 0 aliphatic rings. The van der Waals surface area contributed by atoms with Crippen LogP contribution < -0.4 is 0 Å². The second-order valence-electron chi connectivity index (χ2n) is 2.31. The zero-order valence-electron chi connectivity index (χ0n) is 6.03. The Morgan fingerprint density at radius 1 is 1.50 bits per heavy atom. The smallest absolute Gasteiger partial charge is 0.159 e. The fourth-order valence-electron chi connectivity index (χ4n) is 1.03. The van der Waals surface area contributed by atoms with Crippen LogP contribution in [0.25, 0.3) is 5.65 Å². The second kappa shape index (κ2) is 2.61. The van der Waals surface area contributed by atoms with E-state index in [0.717, 1.165) is 10.3 Å². The highest BCUT2D eigenvalue weighted by Gasteiger charge is 2.01. The number of nitriles is 1. The molecule has 0 aliphatic heterocycles. The van der Waals surface area contributed by atoms with E-state index in [9.17, 15) is 0 Å². The van der Waals surface area contributed by atoms with Crippen molar-refractivity contribution in [3.63, 3.8) is 0 Å². The quantitative estimate of drug-likeness (QED) is 0.639. The molecule has 0 N–H and O–H groups in total. The largest absolute Gasteiger partial charge is 0.293 e. The molecule has 0 saturated carbocycles. The van der Waals surface area contributed by atoms with Crippen molar-refractivity contribution in [1.82, 2.24) is 9.38 Å². The Kier molecular flexibility index (Phi) is 1.59. The average Bonchev–Trinajstić information content (AvgIpc) is 2.49. The molecule has 0 aromatic carbocycles. The first kappa shape index (κ1) is 7.32. The zero-order valence-corrected chi connectivity index (χ0v) is 7.62. The van der Waals surface area contributed by atoms with Crippen LogP contribution in [0.3, 0.4) is 0 Å². The summed E-state index contributed by atoms with van der Waals surface area (Å²) in [7, 11) is 0. The molecule has 0 saturated heterocycles. The van der Waals surface area contributed by atoms with Crippen molar-refractivity contribution in [2.75, 3.05) is 0 Å². The number of rotatable bonds is 0. The van der Waals surface area contributed by atoms with Crippen LogP contribution in [0.1, 0.15) is 5.69 Å². The van der Waals surface area contributed by atoms with Crippen molar-refractivity contribution in [2.24, 2.45) is 0 Å². The molecule has 4 heteroatoms. The molecule has 0 amide bonds. The SMILES string of the molecule is N#Cc1cn2c(Br)cccc2n1. The highest BCUT2D eigenvalue weighted by Crippen LogP contribution is 2.13. The number of aromatic nitrogens is 2. The summed E-state index contributed by atoms with van der Waals surface area (Å²) in [5.74, 6) is 0.